The molecule has 1 amide bonds. The number of nitrogens with one attached hydrogen (secondary N) is 3. The third-order valence-corrected chi connectivity index (χ3v) is 5.89. The van der Waals surface area contributed by atoms with Crippen LogP contribution in [0.5, 0.6) is 0 Å². The van der Waals surface area contributed by atoms with Gasteiger partial charge in [-0.1, -0.05) is 12.1 Å². The predicted octanol–water partition coefficient (Wildman–Crippen LogP) is 4.41. The molecule has 1 saturated heterocycles. The Labute approximate surface area is 210 Å². The Morgan fingerprint density at radius 2 is 2.03 bits per heavy atom. The maximum absolute atomic E-state index is 12.9. The molecule has 0 spiro atoms. The molecule has 2 aromatic carbocycles. The van der Waals surface area contributed by atoms with E-state index in [1.807, 2.05) is 24.3 Å². The van der Waals surface area contributed by atoms with Crippen molar-refractivity contribution in [3.05, 3.63) is 59.9 Å². The Morgan fingerprint density at radius 1 is 1.22 bits per heavy atom. The van der Waals surface area contributed by atoms with E-state index in [0.717, 1.165) is 53.7 Å². The molecule has 32 heavy (non-hydrogen) atoms. The van der Waals surface area contributed by atoms with Crippen LogP contribution >= 0.6 is 35.7 Å². The van der Waals surface area contributed by atoms with Gasteiger partial charge in [0.25, 0.3) is 5.91 Å². The van der Waals surface area contributed by atoms with Crippen LogP contribution in [0.2, 0.25) is 0 Å². The van der Waals surface area contributed by atoms with E-state index in [2.05, 4.69) is 20.9 Å². The number of amides is 1. The smallest absolute Gasteiger partial charge is 0.253 e. The minimum atomic E-state index is -0.342. The molecular weight excluding hydrogens is 542 g/mol. The summed E-state index contributed by atoms with van der Waals surface area (Å²) < 4.78 is 18.4. The molecule has 1 atom stereocenters. The lowest BCUT2D eigenvalue weighted by molar-refractivity contribution is -0.124. The number of hydrogen-bond donors (Lipinski definition) is 3. The molecule has 0 aliphatic carbocycles. The van der Waals surface area contributed by atoms with Gasteiger partial charge in [0.1, 0.15) is 11.9 Å². The SMILES string of the molecule is CN=C(NCCCSc1ccc(F)cc1)NCc1cccc(NC(=O)C2CCCO2)c1.I. The molecule has 6 nitrogen and oxygen atoms in total. The summed E-state index contributed by atoms with van der Waals surface area (Å²) in [7, 11) is 1.74. The summed E-state index contributed by atoms with van der Waals surface area (Å²) in [6, 6.07) is 14.3. The zero-order valence-electron chi connectivity index (χ0n) is 18.1. The van der Waals surface area contributed by atoms with E-state index in [-0.39, 0.29) is 41.8 Å². The molecule has 174 valence electrons. The minimum absolute atomic E-state index is 0. The second kappa shape index (κ2) is 14.3. The van der Waals surface area contributed by atoms with Gasteiger partial charge < -0.3 is 20.7 Å². The molecule has 0 bridgehead atoms. The van der Waals surface area contributed by atoms with Crippen molar-refractivity contribution in [1.82, 2.24) is 10.6 Å². The number of carbonyl (C=O) groups is 1. The third-order valence-electron chi connectivity index (χ3n) is 4.80. The first kappa shape index (κ1) is 26.4. The van der Waals surface area contributed by atoms with Crippen molar-refractivity contribution >= 4 is 53.3 Å². The van der Waals surface area contributed by atoms with E-state index in [1.165, 1.54) is 12.1 Å². The Kier molecular flexibility index (Phi) is 11.8. The molecule has 3 N–H and O–H groups in total. The molecule has 0 saturated carbocycles. The molecule has 1 aliphatic rings. The Hall–Kier alpha value is -1.85. The Bertz CT molecular complexity index is 877. The Morgan fingerprint density at radius 3 is 2.75 bits per heavy atom. The summed E-state index contributed by atoms with van der Waals surface area (Å²) in [6.07, 6.45) is 2.32. The number of halogens is 2. The summed E-state index contributed by atoms with van der Waals surface area (Å²) in [6.45, 7) is 2.03. The van der Waals surface area contributed by atoms with Gasteiger partial charge in [-0.2, -0.15) is 0 Å². The van der Waals surface area contributed by atoms with Gasteiger partial charge in [0.15, 0.2) is 5.96 Å². The topological polar surface area (TPSA) is 74.8 Å². The number of benzene rings is 2. The standard InChI is InChI=1S/C23H29FN4O2S.HI/c1-25-23(26-12-4-14-31-20-10-8-18(24)9-11-20)27-16-17-5-2-6-19(15-17)28-22(29)21-7-3-13-30-21;/h2,5-6,8-11,15,21H,3-4,7,12-14,16H2,1H3,(H,28,29)(H2,25,26,27);1H. The van der Waals surface area contributed by atoms with Crippen molar-refractivity contribution in [3.8, 4) is 0 Å². The normalized spacial score (nSPS) is 15.7. The first-order valence-electron chi connectivity index (χ1n) is 10.5. The Balaban J connectivity index is 0.00000363. The summed E-state index contributed by atoms with van der Waals surface area (Å²) in [4.78, 5) is 17.5. The highest BCUT2D eigenvalue weighted by Gasteiger charge is 2.23. The predicted molar refractivity (Wildman–Crippen MR) is 139 cm³/mol. The van der Waals surface area contributed by atoms with Crippen LogP contribution in [0.4, 0.5) is 10.1 Å². The molecular formula is C23H30FIN4O2S. The number of thioether (sulfide) groups is 1. The lowest BCUT2D eigenvalue weighted by Crippen LogP contribution is -2.37. The van der Waals surface area contributed by atoms with Gasteiger partial charge in [-0.3, -0.25) is 9.79 Å². The molecule has 0 radical (unpaired) electrons. The lowest BCUT2D eigenvalue weighted by Gasteiger charge is -2.14. The summed E-state index contributed by atoms with van der Waals surface area (Å²) in [5.41, 5.74) is 1.81. The number of anilines is 1. The van der Waals surface area contributed by atoms with Crippen molar-refractivity contribution in [3.63, 3.8) is 0 Å². The van der Waals surface area contributed by atoms with Crippen LogP contribution in [-0.2, 0) is 16.1 Å². The highest BCUT2D eigenvalue weighted by Crippen LogP contribution is 2.18. The van der Waals surface area contributed by atoms with E-state index >= 15 is 0 Å². The lowest BCUT2D eigenvalue weighted by atomic mass is 10.2. The van der Waals surface area contributed by atoms with Crippen LogP contribution in [0.3, 0.4) is 0 Å². The second-order valence-electron chi connectivity index (χ2n) is 7.20. The molecule has 2 aromatic rings. The first-order chi connectivity index (χ1) is 15.1. The van der Waals surface area contributed by atoms with E-state index in [4.69, 9.17) is 4.74 Å². The number of hydrogen-bond acceptors (Lipinski definition) is 4. The second-order valence-corrected chi connectivity index (χ2v) is 8.37. The monoisotopic (exact) mass is 572 g/mol. The van der Waals surface area contributed by atoms with Crippen molar-refractivity contribution < 1.29 is 13.9 Å². The van der Waals surface area contributed by atoms with Crippen molar-refractivity contribution in [1.29, 1.82) is 0 Å². The van der Waals surface area contributed by atoms with E-state index in [0.29, 0.717) is 13.2 Å². The van der Waals surface area contributed by atoms with Gasteiger partial charge >= 0.3 is 0 Å². The van der Waals surface area contributed by atoms with Gasteiger partial charge in [-0.05, 0) is 67.0 Å². The number of carbonyl (C=O) groups excluding carboxylic acids is 1. The van der Waals surface area contributed by atoms with Crippen molar-refractivity contribution in [2.24, 2.45) is 4.99 Å². The maximum Gasteiger partial charge on any atom is 0.253 e. The van der Waals surface area contributed by atoms with E-state index in [9.17, 15) is 9.18 Å². The molecule has 1 aliphatic heterocycles. The van der Waals surface area contributed by atoms with E-state index in [1.54, 1.807) is 30.9 Å². The van der Waals surface area contributed by atoms with Crippen LogP contribution in [0, 0.1) is 5.82 Å². The average molecular weight is 572 g/mol. The van der Waals surface area contributed by atoms with Crippen LogP contribution < -0.4 is 16.0 Å². The van der Waals surface area contributed by atoms with Gasteiger partial charge in [-0.25, -0.2) is 4.39 Å². The highest BCUT2D eigenvalue weighted by molar-refractivity contribution is 14.0. The van der Waals surface area contributed by atoms with Crippen molar-refractivity contribution in [2.45, 2.75) is 36.8 Å². The molecule has 1 unspecified atom stereocenters. The zero-order chi connectivity index (χ0) is 21.9. The molecule has 1 fully saturated rings. The van der Waals surface area contributed by atoms with Crippen LogP contribution in [0.1, 0.15) is 24.8 Å². The summed E-state index contributed by atoms with van der Waals surface area (Å²) in [5.74, 6) is 1.36. The van der Waals surface area contributed by atoms with Crippen LogP contribution in [0.25, 0.3) is 0 Å². The number of aliphatic imine (C=N–C) groups is 1. The minimum Gasteiger partial charge on any atom is -0.368 e. The fourth-order valence-corrected chi connectivity index (χ4v) is 4.03. The number of rotatable bonds is 9. The number of guanidine groups is 1. The maximum atomic E-state index is 12.9. The fraction of sp³-hybridized carbons (Fsp3) is 0.391. The molecule has 0 aromatic heterocycles. The van der Waals surface area contributed by atoms with Crippen LogP contribution in [0.15, 0.2) is 58.4 Å². The van der Waals surface area contributed by atoms with Crippen LogP contribution in [-0.4, -0.2) is 43.9 Å². The quantitative estimate of drug-likeness (QED) is 0.137. The zero-order valence-corrected chi connectivity index (χ0v) is 21.3. The van der Waals surface area contributed by atoms with Gasteiger partial charge in [0.05, 0.1) is 0 Å². The van der Waals surface area contributed by atoms with Gasteiger partial charge in [-0.15, -0.1) is 35.7 Å². The first-order valence-corrected chi connectivity index (χ1v) is 11.5. The van der Waals surface area contributed by atoms with E-state index < -0.39 is 0 Å². The van der Waals surface area contributed by atoms with Crippen molar-refractivity contribution in [2.75, 3.05) is 31.3 Å². The fourth-order valence-electron chi connectivity index (χ4n) is 3.17. The third kappa shape index (κ3) is 8.95. The summed E-state index contributed by atoms with van der Waals surface area (Å²) >= 11 is 1.70. The van der Waals surface area contributed by atoms with Gasteiger partial charge in [0.2, 0.25) is 0 Å². The highest BCUT2D eigenvalue weighted by atomic mass is 127. The molecule has 9 heteroatoms. The molecule has 3 rings (SSSR count). The summed E-state index contributed by atoms with van der Waals surface area (Å²) in [5, 5.41) is 9.52. The number of ether oxygens (including phenoxy) is 1. The number of nitrogens with zero attached hydrogens (tertiary/aromatic N) is 1. The largest absolute Gasteiger partial charge is 0.368 e. The average Bonchev–Trinajstić information content (AvgIpc) is 3.32. The molecule has 1 heterocycles. The van der Waals surface area contributed by atoms with Gasteiger partial charge in [0, 0.05) is 37.3 Å².